The molecule has 1 aliphatic rings. The summed E-state index contributed by atoms with van der Waals surface area (Å²) in [7, 11) is 0. The molecule has 0 aromatic heterocycles. The van der Waals surface area contributed by atoms with Crippen LogP contribution in [-0.2, 0) is 4.84 Å². The molecule has 1 aromatic carbocycles. The van der Waals surface area contributed by atoms with Crippen molar-refractivity contribution in [3.05, 3.63) is 47.5 Å². The normalized spacial score (nSPS) is 21.8. The Morgan fingerprint density at radius 2 is 2.00 bits per heavy atom. The van der Waals surface area contributed by atoms with Gasteiger partial charge in [0.2, 0.25) is 0 Å². The molecule has 0 aliphatic carbocycles. The first-order valence-electron chi connectivity index (χ1n) is 4.00. The SMILES string of the molecule is CC1C=C(c2ccccc2)[N-]O1. The summed E-state index contributed by atoms with van der Waals surface area (Å²) in [5.41, 5.74) is 5.99. The molecule has 2 nitrogen and oxygen atoms in total. The maximum absolute atomic E-state index is 5.05. The van der Waals surface area contributed by atoms with Crippen LogP contribution in [0.5, 0.6) is 0 Å². The van der Waals surface area contributed by atoms with Crippen LogP contribution in [0.15, 0.2) is 36.4 Å². The molecule has 1 heterocycles. The highest BCUT2D eigenvalue weighted by Gasteiger charge is 2.01. The van der Waals surface area contributed by atoms with Crippen molar-refractivity contribution in [2.45, 2.75) is 13.0 Å². The Balaban J connectivity index is 2.27. The lowest BCUT2D eigenvalue weighted by molar-refractivity contribution is 0.200. The molecule has 0 bridgehead atoms. The summed E-state index contributed by atoms with van der Waals surface area (Å²) >= 11 is 0. The van der Waals surface area contributed by atoms with Gasteiger partial charge in [0.25, 0.3) is 0 Å². The predicted octanol–water partition coefficient (Wildman–Crippen LogP) is 2.73. The fraction of sp³-hybridized carbons (Fsp3) is 0.200. The van der Waals surface area contributed by atoms with Gasteiger partial charge in [-0.3, -0.25) is 0 Å². The van der Waals surface area contributed by atoms with E-state index in [-0.39, 0.29) is 6.10 Å². The minimum absolute atomic E-state index is 0.111. The molecule has 2 heteroatoms. The zero-order chi connectivity index (χ0) is 8.39. The lowest BCUT2D eigenvalue weighted by Gasteiger charge is -2.18. The quantitative estimate of drug-likeness (QED) is 0.619. The van der Waals surface area contributed by atoms with Crippen LogP contribution in [0.1, 0.15) is 12.5 Å². The smallest absolute Gasteiger partial charge is 0.0557 e. The standard InChI is InChI=1S/C10H10NO/c1-8-7-10(11-12-8)9-5-3-2-4-6-9/h2-8H,1H3/q-1. The van der Waals surface area contributed by atoms with Gasteiger partial charge in [-0.25, -0.2) is 0 Å². The number of hydroxylamine groups is 1. The summed E-state index contributed by atoms with van der Waals surface area (Å²) in [5, 5.41) is 0. The highest BCUT2D eigenvalue weighted by molar-refractivity contribution is 5.73. The van der Waals surface area contributed by atoms with Crippen molar-refractivity contribution < 1.29 is 4.84 Å². The Labute approximate surface area is 71.8 Å². The third-order valence-corrected chi connectivity index (χ3v) is 1.78. The van der Waals surface area contributed by atoms with E-state index in [0.29, 0.717) is 0 Å². The number of nitrogens with zero attached hydrogens (tertiary/aromatic N) is 1. The van der Waals surface area contributed by atoms with Gasteiger partial charge in [0.05, 0.1) is 6.10 Å². The fourth-order valence-electron chi connectivity index (χ4n) is 1.18. The minimum atomic E-state index is 0.111. The first kappa shape index (κ1) is 7.37. The van der Waals surface area contributed by atoms with Crippen molar-refractivity contribution in [2.24, 2.45) is 0 Å². The monoisotopic (exact) mass is 160 g/mol. The average Bonchev–Trinajstić information content (AvgIpc) is 2.54. The van der Waals surface area contributed by atoms with E-state index in [1.807, 2.05) is 43.3 Å². The zero-order valence-corrected chi connectivity index (χ0v) is 6.90. The van der Waals surface area contributed by atoms with Gasteiger partial charge in [0.15, 0.2) is 0 Å². The van der Waals surface area contributed by atoms with Gasteiger partial charge in [-0.2, -0.15) is 0 Å². The summed E-state index contributed by atoms with van der Waals surface area (Å²) in [5.74, 6) is 0. The van der Waals surface area contributed by atoms with Crippen LogP contribution in [-0.4, -0.2) is 6.10 Å². The summed E-state index contributed by atoms with van der Waals surface area (Å²) < 4.78 is 0. The second kappa shape index (κ2) is 2.99. The van der Waals surface area contributed by atoms with Crippen molar-refractivity contribution >= 4 is 5.70 Å². The molecule has 1 unspecified atom stereocenters. The van der Waals surface area contributed by atoms with Gasteiger partial charge in [0, 0.05) is 0 Å². The Morgan fingerprint density at radius 3 is 2.58 bits per heavy atom. The van der Waals surface area contributed by atoms with Crippen molar-refractivity contribution in [1.29, 1.82) is 0 Å². The average molecular weight is 160 g/mol. The predicted molar refractivity (Wildman–Crippen MR) is 48.3 cm³/mol. The highest BCUT2D eigenvalue weighted by atomic mass is 16.7. The molecule has 0 radical (unpaired) electrons. The van der Waals surface area contributed by atoms with Crippen LogP contribution in [0.2, 0.25) is 0 Å². The van der Waals surface area contributed by atoms with Gasteiger partial charge in [-0.05, 0) is 12.5 Å². The Morgan fingerprint density at radius 1 is 1.25 bits per heavy atom. The van der Waals surface area contributed by atoms with E-state index < -0.39 is 0 Å². The maximum atomic E-state index is 5.05. The number of hydrogen-bond acceptors (Lipinski definition) is 1. The molecule has 0 amide bonds. The third kappa shape index (κ3) is 1.34. The first-order valence-corrected chi connectivity index (χ1v) is 4.00. The molecule has 0 saturated carbocycles. The molecule has 1 atom stereocenters. The summed E-state index contributed by atoms with van der Waals surface area (Å²) in [6, 6.07) is 10.0. The molecule has 2 rings (SSSR count). The molecule has 62 valence electrons. The topological polar surface area (TPSA) is 23.3 Å². The number of hydrogen-bond donors (Lipinski definition) is 0. The van der Waals surface area contributed by atoms with Gasteiger partial charge in [-0.1, -0.05) is 36.4 Å². The fourth-order valence-corrected chi connectivity index (χ4v) is 1.18. The molecule has 1 aliphatic heterocycles. The van der Waals surface area contributed by atoms with Crippen LogP contribution in [0.3, 0.4) is 0 Å². The Kier molecular flexibility index (Phi) is 1.84. The first-order chi connectivity index (χ1) is 5.86. The van der Waals surface area contributed by atoms with Gasteiger partial charge in [-0.15, -0.1) is 5.70 Å². The van der Waals surface area contributed by atoms with Crippen molar-refractivity contribution in [3.63, 3.8) is 0 Å². The van der Waals surface area contributed by atoms with Gasteiger partial charge in [0.1, 0.15) is 0 Å². The lowest BCUT2D eigenvalue weighted by Crippen LogP contribution is -1.90. The van der Waals surface area contributed by atoms with Crippen LogP contribution in [0.25, 0.3) is 11.2 Å². The van der Waals surface area contributed by atoms with Crippen LogP contribution in [0, 0.1) is 0 Å². The van der Waals surface area contributed by atoms with E-state index in [1.165, 1.54) is 0 Å². The van der Waals surface area contributed by atoms with Crippen LogP contribution < -0.4 is 0 Å². The minimum Gasteiger partial charge on any atom is -0.561 e. The number of rotatable bonds is 1. The van der Waals surface area contributed by atoms with E-state index >= 15 is 0 Å². The summed E-state index contributed by atoms with van der Waals surface area (Å²) in [4.78, 5) is 5.05. The van der Waals surface area contributed by atoms with Crippen LogP contribution >= 0.6 is 0 Å². The molecule has 0 fully saturated rings. The highest BCUT2D eigenvalue weighted by Crippen LogP contribution is 2.28. The van der Waals surface area contributed by atoms with Crippen LogP contribution in [0.4, 0.5) is 0 Å². The third-order valence-electron chi connectivity index (χ3n) is 1.78. The van der Waals surface area contributed by atoms with E-state index in [4.69, 9.17) is 4.84 Å². The molecule has 0 saturated heterocycles. The maximum Gasteiger partial charge on any atom is 0.0557 e. The van der Waals surface area contributed by atoms with E-state index in [9.17, 15) is 0 Å². The van der Waals surface area contributed by atoms with E-state index in [2.05, 4.69) is 5.48 Å². The molecule has 1 aromatic rings. The molecule has 0 N–H and O–H groups in total. The summed E-state index contributed by atoms with van der Waals surface area (Å²) in [6.45, 7) is 1.97. The Hall–Kier alpha value is -1.28. The van der Waals surface area contributed by atoms with Crippen molar-refractivity contribution in [1.82, 2.24) is 0 Å². The van der Waals surface area contributed by atoms with Crippen molar-refractivity contribution in [2.75, 3.05) is 0 Å². The second-order valence-electron chi connectivity index (χ2n) is 2.82. The lowest BCUT2D eigenvalue weighted by atomic mass is 10.1. The van der Waals surface area contributed by atoms with E-state index in [1.54, 1.807) is 0 Å². The van der Waals surface area contributed by atoms with E-state index in [0.717, 1.165) is 11.3 Å². The Bertz CT molecular complexity index is 292. The second-order valence-corrected chi connectivity index (χ2v) is 2.82. The number of benzene rings is 1. The summed E-state index contributed by atoms with van der Waals surface area (Å²) in [6.07, 6.45) is 2.12. The largest absolute Gasteiger partial charge is 0.561 e. The van der Waals surface area contributed by atoms with Crippen molar-refractivity contribution in [3.8, 4) is 0 Å². The van der Waals surface area contributed by atoms with Gasteiger partial charge >= 0.3 is 0 Å². The molecular formula is C10H10NO-. The molecular weight excluding hydrogens is 150 g/mol. The zero-order valence-electron chi connectivity index (χ0n) is 6.90. The molecule has 0 spiro atoms. The van der Waals surface area contributed by atoms with Gasteiger partial charge < -0.3 is 10.3 Å². The molecule has 12 heavy (non-hydrogen) atoms.